The lowest BCUT2D eigenvalue weighted by molar-refractivity contribution is 0.541. The van der Waals surface area contributed by atoms with E-state index in [1.54, 1.807) is 16.8 Å². The van der Waals surface area contributed by atoms with Crippen LogP contribution in [0.25, 0.3) is 11.4 Å². The average Bonchev–Trinajstić information content (AvgIpc) is 2.81. The third-order valence-electron chi connectivity index (χ3n) is 2.76. The summed E-state index contributed by atoms with van der Waals surface area (Å²) in [5.41, 5.74) is 7.22. The van der Waals surface area contributed by atoms with E-state index >= 15 is 0 Å². The van der Waals surface area contributed by atoms with Crippen LogP contribution in [-0.4, -0.2) is 20.2 Å². The molecule has 18 heavy (non-hydrogen) atoms. The third-order valence-corrected chi connectivity index (χ3v) is 3.10. The molecule has 0 aliphatic rings. The van der Waals surface area contributed by atoms with Crippen LogP contribution in [0.1, 0.15) is 26.2 Å². The van der Waals surface area contributed by atoms with Crippen LogP contribution < -0.4 is 5.73 Å². The second-order valence-corrected chi connectivity index (χ2v) is 4.58. The van der Waals surface area contributed by atoms with Crippen molar-refractivity contribution in [3.63, 3.8) is 0 Å². The van der Waals surface area contributed by atoms with Crippen LogP contribution in [-0.2, 0) is 6.54 Å². The molecular weight excluding hydrogens is 250 g/mol. The first kappa shape index (κ1) is 12.8. The molecule has 0 atom stereocenters. The highest BCUT2D eigenvalue weighted by atomic mass is 35.5. The van der Waals surface area contributed by atoms with Gasteiger partial charge in [0.15, 0.2) is 5.82 Å². The Morgan fingerprint density at radius 2 is 2.17 bits per heavy atom. The minimum Gasteiger partial charge on any atom is -0.398 e. The average molecular weight is 266 g/mol. The van der Waals surface area contributed by atoms with Crippen molar-refractivity contribution in [2.75, 3.05) is 5.73 Å². The van der Waals surface area contributed by atoms with Gasteiger partial charge in [-0.05, 0) is 35.0 Å². The number of hydrogen-bond donors (Lipinski definition) is 1. The van der Waals surface area contributed by atoms with Gasteiger partial charge in [0.25, 0.3) is 0 Å². The van der Waals surface area contributed by atoms with Crippen LogP contribution in [0.4, 0.5) is 5.69 Å². The molecule has 96 valence electrons. The van der Waals surface area contributed by atoms with Gasteiger partial charge >= 0.3 is 0 Å². The first-order valence-electron chi connectivity index (χ1n) is 6.04. The summed E-state index contributed by atoms with van der Waals surface area (Å²) in [6.45, 7) is 2.99. The monoisotopic (exact) mass is 265 g/mol. The topological polar surface area (TPSA) is 69.6 Å². The SMILES string of the molecule is CCCCCn1nnnc1-c1ccc(Cl)c(N)c1. The van der Waals surface area contributed by atoms with Gasteiger partial charge in [0.05, 0.1) is 10.7 Å². The van der Waals surface area contributed by atoms with Crippen molar-refractivity contribution in [1.29, 1.82) is 0 Å². The molecule has 1 aromatic carbocycles. The Labute approximate surface area is 111 Å². The van der Waals surface area contributed by atoms with Gasteiger partial charge in [-0.25, -0.2) is 4.68 Å². The van der Waals surface area contributed by atoms with Crippen molar-refractivity contribution in [3.05, 3.63) is 23.2 Å². The van der Waals surface area contributed by atoms with Crippen molar-refractivity contribution < 1.29 is 0 Å². The second kappa shape index (κ2) is 5.82. The van der Waals surface area contributed by atoms with Gasteiger partial charge in [0.2, 0.25) is 0 Å². The molecule has 2 aromatic rings. The van der Waals surface area contributed by atoms with Gasteiger partial charge in [-0.15, -0.1) is 5.10 Å². The second-order valence-electron chi connectivity index (χ2n) is 4.17. The van der Waals surface area contributed by atoms with Crippen molar-refractivity contribution >= 4 is 17.3 Å². The number of benzene rings is 1. The van der Waals surface area contributed by atoms with Crippen LogP contribution in [0.3, 0.4) is 0 Å². The maximum Gasteiger partial charge on any atom is 0.182 e. The van der Waals surface area contributed by atoms with Crippen molar-refractivity contribution in [2.24, 2.45) is 0 Å². The highest BCUT2D eigenvalue weighted by Gasteiger charge is 2.09. The molecule has 1 heterocycles. The van der Waals surface area contributed by atoms with Crippen LogP contribution in [0, 0.1) is 0 Å². The van der Waals surface area contributed by atoms with Gasteiger partial charge in [0, 0.05) is 12.1 Å². The molecule has 0 bridgehead atoms. The number of unbranched alkanes of at least 4 members (excludes halogenated alkanes) is 2. The summed E-state index contributed by atoms with van der Waals surface area (Å²) in [4.78, 5) is 0. The number of nitrogens with two attached hydrogens (primary N) is 1. The summed E-state index contributed by atoms with van der Waals surface area (Å²) in [6.07, 6.45) is 3.41. The Bertz CT molecular complexity index is 523. The Hall–Kier alpha value is -1.62. The van der Waals surface area contributed by atoms with Gasteiger partial charge in [0.1, 0.15) is 0 Å². The molecule has 0 unspecified atom stereocenters. The highest BCUT2D eigenvalue weighted by Crippen LogP contribution is 2.25. The largest absolute Gasteiger partial charge is 0.398 e. The quantitative estimate of drug-likeness (QED) is 0.667. The summed E-state index contributed by atoms with van der Waals surface area (Å²) >= 11 is 5.90. The minimum absolute atomic E-state index is 0.539. The maximum atomic E-state index is 5.90. The lowest BCUT2D eigenvalue weighted by Crippen LogP contribution is -2.03. The number of tetrazole rings is 1. The van der Waals surface area contributed by atoms with E-state index in [4.69, 9.17) is 17.3 Å². The van der Waals surface area contributed by atoms with Crippen molar-refractivity contribution in [1.82, 2.24) is 20.2 Å². The van der Waals surface area contributed by atoms with Gasteiger partial charge in [-0.3, -0.25) is 0 Å². The zero-order valence-corrected chi connectivity index (χ0v) is 11.1. The molecular formula is C12H16ClN5. The number of hydrogen-bond acceptors (Lipinski definition) is 4. The summed E-state index contributed by atoms with van der Waals surface area (Å²) < 4.78 is 1.80. The predicted octanol–water partition coefficient (Wildman–Crippen LogP) is 2.77. The van der Waals surface area contributed by atoms with Crippen LogP contribution >= 0.6 is 11.6 Å². The molecule has 1 aromatic heterocycles. The van der Waals surface area contributed by atoms with E-state index in [0.29, 0.717) is 10.7 Å². The summed E-state index contributed by atoms with van der Waals surface area (Å²) in [5.74, 6) is 0.731. The Balaban J connectivity index is 2.22. The van der Waals surface area contributed by atoms with Gasteiger partial charge in [-0.2, -0.15) is 0 Å². The van der Waals surface area contributed by atoms with E-state index in [1.807, 2.05) is 6.07 Å². The molecule has 0 amide bonds. The standard InChI is InChI=1S/C12H16ClN5/c1-2-3-4-7-18-12(15-16-17-18)9-5-6-10(13)11(14)8-9/h5-6,8H,2-4,7,14H2,1H3. The number of nitrogens with zero attached hydrogens (tertiary/aromatic N) is 4. The fraction of sp³-hybridized carbons (Fsp3) is 0.417. The molecule has 0 fully saturated rings. The Morgan fingerprint density at radius 3 is 2.89 bits per heavy atom. The summed E-state index contributed by atoms with van der Waals surface area (Å²) in [5, 5.41) is 12.3. The highest BCUT2D eigenvalue weighted by molar-refractivity contribution is 6.33. The zero-order valence-electron chi connectivity index (χ0n) is 10.3. The molecule has 6 heteroatoms. The van der Waals surface area contributed by atoms with E-state index in [2.05, 4.69) is 22.4 Å². The fourth-order valence-electron chi connectivity index (χ4n) is 1.76. The molecule has 5 nitrogen and oxygen atoms in total. The number of nitrogen functional groups attached to an aromatic ring is 1. The first-order chi connectivity index (χ1) is 8.72. The first-order valence-corrected chi connectivity index (χ1v) is 6.41. The molecule has 0 aliphatic heterocycles. The van der Waals surface area contributed by atoms with Crippen molar-refractivity contribution in [2.45, 2.75) is 32.7 Å². The molecule has 0 radical (unpaired) electrons. The third kappa shape index (κ3) is 2.79. The molecule has 0 saturated heterocycles. The fourth-order valence-corrected chi connectivity index (χ4v) is 1.87. The number of aryl methyl sites for hydroxylation is 1. The van der Waals surface area contributed by atoms with Crippen LogP contribution in [0.15, 0.2) is 18.2 Å². The van der Waals surface area contributed by atoms with E-state index < -0.39 is 0 Å². The Morgan fingerprint density at radius 1 is 1.33 bits per heavy atom. The number of aromatic nitrogens is 4. The number of halogens is 1. The molecule has 2 rings (SSSR count). The smallest absolute Gasteiger partial charge is 0.182 e. The van der Waals surface area contributed by atoms with E-state index in [-0.39, 0.29) is 0 Å². The number of anilines is 1. The summed E-state index contributed by atoms with van der Waals surface area (Å²) in [7, 11) is 0. The Kier molecular flexibility index (Phi) is 4.15. The van der Waals surface area contributed by atoms with Gasteiger partial charge < -0.3 is 5.73 Å². The zero-order chi connectivity index (χ0) is 13.0. The summed E-state index contributed by atoms with van der Waals surface area (Å²) in [6, 6.07) is 5.43. The molecule has 2 N–H and O–H groups in total. The minimum atomic E-state index is 0.539. The van der Waals surface area contributed by atoms with Crippen LogP contribution in [0.2, 0.25) is 5.02 Å². The van der Waals surface area contributed by atoms with E-state index in [0.717, 1.165) is 24.4 Å². The van der Waals surface area contributed by atoms with E-state index in [9.17, 15) is 0 Å². The molecule has 0 aliphatic carbocycles. The maximum absolute atomic E-state index is 5.90. The number of rotatable bonds is 5. The normalized spacial score (nSPS) is 10.8. The lowest BCUT2D eigenvalue weighted by Gasteiger charge is -2.05. The predicted molar refractivity (Wildman–Crippen MR) is 72.2 cm³/mol. The molecule has 0 spiro atoms. The van der Waals surface area contributed by atoms with Crippen LogP contribution in [0.5, 0.6) is 0 Å². The van der Waals surface area contributed by atoms with E-state index in [1.165, 1.54) is 12.8 Å². The van der Waals surface area contributed by atoms with Gasteiger partial charge in [-0.1, -0.05) is 31.4 Å². The lowest BCUT2D eigenvalue weighted by atomic mass is 10.2. The molecule has 0 saturated carbocycles. The van der Waals surface area contributed by atoms with Crippen molar-refractivity contribution in [3.8, 4) is 11.4 Å².